The zero-order chi connectivity index (χ0) is 11.4. The lowest BCUT2D eigenvalue weighted by molar-refractivity contribution is 0.0222. The van der Waals surface area contributed by atoms with Crippen molar-refractivity contribution in [1.29, 1.82) is 0 Å². The minimum absolute atomic E-state index is 0.143. The van der Waals surface area contributed by atoms with Crippen LogP contribution in [0.4, 0.5) is 0 Å². The molecule has 2 N–H and O–H groups in total. The Hall–Kier alpha value is -0.770. The summed E-state index contributed by atoms with van der Waals surface area (Å²) in [6, 6.07) is 7.46. The van der Waals surface area contributed by atoms with Crippen LogP contribution in [0.15, 0.2) is 24.3 Å². The second-order valence-electron chi connectivity index (χ2n) is 3.93. The maximum absolute atomic E-state index is 5.98. The van der Waals surface area contributed by atoms with Crippen LogP contribution < -0.4 is 10.5 Å². The van der Waals surface area contributed by atoms with Gasteiger partial charge in [-0.25, -0.2) is 0 Å². The Morgan fingerprint density at radius 2 is 2.06 bits per heavy atom. The Labute approximate surface area is 100 Å². The Kier molecular flexibility index (Phi) is 4.04. The molecule has 1 fully saturated rings. The van der Waals surface area contributed by atoms with E-state index in [1.54, 1.807) is 0 Å². The van der Waals surface area contributed by atoms with Gasteiger partial charge in [0.1, 0.15) is 12.4 Å². The normalized spacial score (nSPS) is 24.6. The quantitative estimate of drug-likeness (QED) is 0.879. The number of rotatable bonds is 4. The third-order valence-corrected chi connectivity index (χ3v) is 3.03. The molecule has 0 amide bonds. The van der Waals surface area contributed by atoms with E-state index in [0.29, 0.717) is 23.9 Å². The first kappa shape index (κ1) is 11.7. The highest BCUT2D eigenvalue weighted by Gasteiger charge is 2.24. The van der Waals surface area contributed by atoms with Gasteiger partial charge in [-0.3, -0.25) is 0 Å². The van der Waals surface area contributed by atoms with Gasteiger partial charge in [0.25, 0.3) is 0 Å². The average Bonchev–Trinajstić information content (AvgIpc) is 2.76. The monoisotopic (exact) mass is 241 g/mol. The topological polar surface area (TPSA) is 44.5 Å². The molecule has 4 heteroatoms. The van der Waals surface area contributed by atoms with Crippen LogP contribution in [0.1, 0.15) is 12.8 Å². The van der Waals surface area contributed by atoms with E-state index in [2.05, 4.69) is 0 Å². The fraction of sp³-hybridized carbons (Fsp3) is 0.500. The molecule has 2 atom stereocenters. The van der Waals surface area contributed by atoms with Crippen molar-refractivity contribution < 1.29 is 9.47 Å². The summed E-state index contributed by atoms with van der Waals surface area (Å²) in [6.07, 6.45) is 2.36. The SMILES string of the molecule is NCC1CCC(COc2ccccc2Cl)O1. The lowest BCUT2D eigenvalue weighted by Crippen LogP contribution is -2.23. The van der Waals surface area contributed by atoms with Gasteiger partial charge in [-0.15, -0.1) is 0 Å². The van der Waals surface area contributed by atoms with Crippen LogP contribution in [-0.2, 0) is 4.74 Å². The van der Waals surface area contributed by atoms with Gasteiger partial charge >= 0.3 is 0 Å². The molecule has 0 saturated carbocycles. The van der Waals surface area contributed by atoms with Crippen molar-refractivity contribution in [1.82, 2.24) is 0 Å². The van der Waals surface area contributed by atoms with Crippen LogP contribution in [0.5, 0.6) is 5.75 Å². The molecule has 0 radical (unpaired) electrons. The third-order valence-electron chi connectivity index (χ3n) is 2.72. The smallest absolute Gasteiger partial charge is 0.138 e. The second-order valence-corrected chi connectivity index (χ2v) is 4.34. The Balaban J connectivity index is 1.82. The fourth-order valence-corrected chi connectivity index (χ4v) is 2.01. The van der Waals surface area contributed by atoms with Crippen LogP contribution >= 0.6 is 11.6 Å². The Morgan fingerprint density at radius 3 is 2.75 bits per heavy atom. The molecule has 1 aliphatic rings. The van der Waals surface area contributed by atoms with Crippen molar-refractivity contribution in [2.75, 3.05) is 13.2 Å². The van der Waals surface area contributed by atoms with Crippen LogP contribution in [0.25, 0.3) is 0 Å². The summed E-state index contributed by atoms with van der Waals surface area (Å²) in [7, 11) is 0. The molecule has 2 unspecified atom stereocenters. The number of ether oxygens (including phenoxy) is 2. The van der Waals surface area contributed by atoms with E-state index >= 15 is 0 Å². The summed E-state index contributed by atoms with van der Waals surface area (Å²) >= 11 is 5.98. The van der Waals surface area contributed by atoms with Crippen LogP contribution in [0.3, 0.4) is 0 Å². The summed E-state index contributed by atoms with van der Waals surface area (Å²) in [6.45, 7) is 1.13. The van der Waals surface area contributed by atoms with Crippen molar-refractivity contribution in [3.63, 3.8) is 0 Å². The van der Waals surface area contributed by atoms with E-state index in [9.17, 15) is 0 Å². The first-order valence-electron chi connectivity index (χ1n) is 5.52. The first-order chi connectivity index (χ1) is 7.79. The molecule has 1 aliphatic heterocycles. The second kappa shape index (κ2) is 5.53. The van der Waals surface area contributed by atoms with Crippen molar-refractivity contribution in [3.05, 3.63) is 29.3 Å². The molecule has 0 aromatic heterocycles. The lowest BCUT2D eigenvalue weighted by atomic mass is 10.2. The summed E-state index contributed by atoms with van der Waals surface area (Å²) in [5, 5.41) is 0.635. The maximum Gasteiger partial charge on any atom is 0.138 e. The molecule has 88 valence electrons. The van der Waals surface area contributed by atoms with Crippen LogP contribution in [0, 0.1) is 0 Å². The molecule has 0 spiro atoms. The number of nitrogens with two attached hydrogens (primary N) is 1. The lowest BCUT2D eigenvalue weighted by Gasteiger charge is -2.14. The summed E-state index contributed by atoms with van der Waals surface area (Å²) < 4.78 is 11.3. The molecule has 1 saturated heterocycles. The molecule has 1 aromatic carbocycles. The Morgan fingerprint density at radius 1 is 1.31 bits per heavy atom. The summed E-state index contributed by atoms with van der Waals surface area (Å²) in [4.78, 5) is 0. The van der Waals surface area contributed by atoms with Gasteiger partial charge in [-0.05, 0) is 25.0 Å². The van der Waals surface area contributed by atoms with Crippen molar-refractivity contribution in [2.24, 2.45) is 5.73 Å². The van der Waals surface area contributed by atoms with E-state index in [0.717, 1.165) is 12.8 Å². The van der Waals surface area contributed by atoms with Crippen LogP contribution in [-0.4, -0.2) is 25.4 Å². The van der Waals surface area contributed by atoms with Crippen molar-refractivity contribution in [2.45, 2.75) is 25.0 Å². The number of halogens is 1. The maximum atomic E-state index is 5.98. The van der Waals surface area contributed by atoms with E-state index in [1.807, 2.05) is 24.3 Å². The number of hydrogen-bond acceptors (Lipinski definition) is 3. The van der Waals surface area contributed by atoms with Gasteiger partial charge in [-0.2, -0.15) is 0 Å². The molecule has 0 bridgehead atoms. The first-order valence-corrected chi connectivity index (χ1v) is 5.90. The van der Waals surface area contributed by atoms with Crippen LogP contribution in [0.2, 0.25) is 5.02 Å². The van der Waals surface area contributed by atoms with E-state index in [4.69, 9.17) is 26.8 Å². The number of para-hydroxylation sites is 1. The van der Waals surface area contributed by atoms with E-state index < -0.39 is 0 Å². The largest absolute Gasteiger partial charge is 0.489 e. The highest BCUT2D eigenvalue weighted by molar-refractivity contribution is 6.32. The molecule has 1 heterocycles. The molecular formula is C12H16ClNO2. The molecule has 0 aliphatic carbocycles. The van der Waals surface area contributed by atoms with Gasteiger partial charge < -0.3 is 15.2 Å². The van der Waals surface area contributed by atoms with Gasteiger partial charge in [0.2, 0.25) is 0 Å². The number of hydrogen-bond donors (Lipinski definition) is 1. The fourth-order valence-electron chi connectivity index (χ4n) is 1.82. The van der Waals surface area contributed by atoms with Crippen molar-refractivity contribution in [3.8, 4) is 5.75 Å². The zero-order valence-corrected chi connectivity index (χ0v) is 9.82. The summed E-state index contributed by atoms with van der Waals surface area (Å²) in [5.74, 6) is 0.712. The number of benzene rings is 1. The minimum atomic E-state index is 0.143. The average molecular weight is 242 g/mol. The molecule has 16 heavy (non-hydrogen) atoms. The third kappa shape index (κ3) is 2.88. The molecular weight excluding hydrogens is 226 g/mol. The molecule has 1 aromatic rings. The Bertz CT molecular complexity index is 346. The highest BCUT2D eigenvalue weighted by atomic mass is 35.5. The standard InChI is InChI=1S/C12H16ClNO2/c13-11-3-1-2-4-12(11)15-8-10-6-5-9(7-14)16-10/h1-4,9-10H,5-8,14H2. The minimum Gasteiger partial charge on any atom is -0.489 e. The van der Waals surface area contributed by atoms with Gasteiger partial charge in [0.15, 0.2) is 0 Å². The molecule has 3 nitrogen and oxygen atoms in total. The highest BCUT2D eigenvalue weighted by Crippen LogP contribution is 2.25. The zero-order valence-electron chi connectivity index (χ0n) is 9.06. The van der Waals surface area contributed by atoms with E-state index in [1.165, 1.54) is 0 Å². The van der Waals surface area contributed by atoms with E-state index in [-0.39, 0.29) is 12.2 Å². The predicted octanol–water partition coefficient (Wildman–Crippen LogP) is 2.23. The van der Waals surface area contributed by atoms with Gasteiger partial charge in [0.05, 0.1) is 17.2 Å². The van der Waals surface area contributed by atoms with Gasteiger partial charge in [0, 0.05) is 6.54 Å². The molecule has 2 rings (SSSR count). The predicted molar refractivity (Wildman–Crippen MR) is 63.9 cm³/mol. The van der Waals surface area contributed by atoms with Crippen molar-refractivity contribution >= 4 is 11.6 Å². The van der Waals surface area contributed by atoms with Gasteiger partial charge in [-0.1, -0.05) is 23.7 Å². The summed E-state index contributed by atoms with van der Waals surface area (Å²) in [5.41, 5.74) is 5.54.